The number of nitrogens with one attached hydrogen (secondary N) is 2. The summed E-state index contributed by atoms with van der Waals surface area (Å²) in [6.45, 7) is 3.93. The number of aryl methyl sites for hydroxylation is 1. The third-order valence-corrected chi connectivity index (χ3v) is 5.08. The Kier molecular flexibility index (Phi) is 5.96. The molecule has 2 N–H and O–H groups in total. The average Bonchev–Trinajstić information content (AvgIpc) is 3.11. The Bertz CT molecular complexity index is 877. The molecule has 5 nitrogen and oxygen atoms in total. The van der Waals surface area contributed by atoms with Crippen LogP contribution in [-0.2, 0) is 11.2 Å². The first kappa shape index (κ1) is 18.5. The van der Waals surface area contributed by atoms with E-state index in [1.54, 1.807) is 12.1 Å². The fraction of sp³-hybridized carbons (Fsp3) is 0.211. The number of rotatable bonds is 6. The van der Waals surface area contributed by atoms with Crippen LogP contribution < -0.4 is 5.32 Å². The molecule has 134 valence electrons. The molecule has 0 aliphatic heterocycles. The van der Waals surface area contributed by atoms with Gasteiger partial charge in [-0.3, -0.25) is 9.89 Å². The number of halogens is 1. The van der Waals surface area contributed by atoms with Crippen molar-refractivity contribution in [1.82, 2.24) is 15.2 Å². The molecule has 0 aliphatic carbocycles. The van der Waals surface area contributed by atoms with Crippen LogP contribution in [-0.4, -0.2) is 26.3 Å². The molecule has 2 aromatic carbocycles. The summed E-state index contributed by atoms with van der Waals surface area (Å²) in [5.74, 6) is 0.559. The lowest BCUT2D eigenvalue weighted by molar-refractivity contribution is -0.115. The van der Waals surface area contributed by atoms with Crippen LogP contribution in [0.15, 0.2) is 53.7 Å². The second-order valence-corrected chi connectivity index (χ2v) is 7.52. The van der Waals surface area contributed by atoms with E-state index < -0.39 is 0 Å². The molecule has 3 aromatic rings. The zero-order valence-corrected chi connectivity index (χ0v) is 16.1. The lowest BCUT2D eigenvalue weighted by Crippen LogP contribution is -2.22. The quantitative estimate of drug-likeness (QED) is 0.596. The molecule has 7 heteroatoms. The van der Waals surface area contributed by atoms with Gasteiger partial charge in [0.2, 0.25) is 11.1 Å². The molecule has 1 atom stereocenters. The van der Waals surface area contributed by atoms with Crippen LogP contribution >= 0.6 is 23.4 Å². The summed E-state index contributed by atoms with van der Waals surface area (Å²) >= 11 is 7.20. The number of carbonyl (C=O) groups is 1. The number of aromatic amines is 1. The van der Waals surface area contributed by atoms with E-state index >= 15 is 0 Å². The molecule has 0 radical (unpaired) electrons. The van der Waals surface area contributed by atoms with E-state index in [4.69, 9.17) is 11.6 Å². The standard InChI is InChI=1S/C19H19ClN4OS/c1-3-13-4-10-16(11-5-13)21-18(25)12(2)26-19-22-17(23-24-19)14-6-8-15(20)9-7-14/h4-12H,3H2,1-2H3,(H,21,25)(H,22,23,24). The monoisotopic (exact) mass is 386 g/mol. The van der Waals surface area contributed by atoms with Crippen LogP contribution in [0.4, 0.5) is 5.69 Å². The predicted octanol–water partition coefficient (Wildman–Crippen LogP) is 4.81. The molecule has 0 saturated heterocycles. The van der Waals surface area contributed by atoms with Crippen molar-refractivity contribution in [2.75, 3.05) is 5.32 Å². The van der Waals surface area contributed by atoms with Crippen LogP contribution in [0.1, 0.15) is 19.4 Å². The molecule has 0 bridgehead atoms. The molecule has 1 unspecified atom stereocenters. The van der Waals surface area contributed by atoms with Gasteiger partial charge < -0.3 is 5.32 Å². The van der Waals surface area contributed by atoms with Gasteiger partial charge in [0.15, 0.2) is 5.82 Å². The fourth-order valence-electron chi connectivity index (χ4n) is 2.32. The first-order valence-electron chi connectivity index (χ1n) is 8.30. The Morgan fingerprint density at radius 3 is 2.54 bits per heavy atom. The van der Waals surface area contributed by atoms with E-state index in [0.717, 1.165) is 17.7 Å². The van der Waals surface area contributed by atoms with Crippen molar-refractivity contribution < 1.29 is 4.79 Å². The zero-order valence-electron chi connectivity index (χ0n) is 14.5. The lowest BCUT2D eigenvalue weighted by atomic mass is 10.1. The second-order valence-electron chi connectivity index (χ2n) is 5.77. The highest BCUT2D eigenvalue weighted by Crippen LogP contribution is 2.24. The van der Waals surface area contributed by atoms with Gasteiger partial charge in [0.05, 0.1) is 5.25 Å². The zero-order chi connectivity index (χ0) is 18.5. The number of H-pyrrole nitrogens is 1. The molecule has 0 fully saturated rings. The Hall–Kier alpha value is -2.31. The maximum atomic E-state index is 12.4. The summed E-state index contributed by atoms with van der Waals surface area (Å²) in [5, 5.41) is 10.9. The van der Waals surface area contributed by atoms with Crippen molar-refractivity contribution in [3.05, 3.63) is 59.1 Å². The van der Waals surface area contributed by atoms with Gasteiger partial charge in [0.1, 0.15) is 0 Å². The Labute approximate surface area is 161 Å². The van der Waals surface area contributed by atoms with Crippen molar-refractivity contribution in [2.45, 2.75) is 30.7 Å². The van der Waals surface area contributed by atoms with Crippen LogP contribution in [0, 0.1) is 0 Å². The van der Waals surface area contributed by atoms with Crippen LogP contribution in [0.25, 0.3) is 11.4 Å². The van der Waals surface area contributed by atoms with Crippen LogP contribution in [0.3, 0.4) is 0 Å². The Morgan fingerprint density at radius 2 is 1.88 bits per heavy atom. The van der Waals surface area contributed by atoms with Gasteiger partial charge >= 0.3 is 0 Å². The van der Waals surface area contributed by atoms with E-state index in [0.29, 0.717) is 16.0 Å². The van der Waals surface area contributed by atoms with Crippen LogP contribution in [0.2, 0.25) is 5.02 Å². The molecule has 0 saturated carbocycles. The third-order valence-electron chi connectivity index (χ3n) is 3.86. The molecule has 0 aliphatic rings. The number of benzene rings is 2. The maximum absolute atomic E-state index is 12.4. The first-order chi connectivity index (χ1) is 12.5. The predicted molar refractivity (Wildman–Crippen MR) is 107 cm³/mol. The fourth-order valence-corrected chi connectivity index (χ4v) is 3.17. The van der Waals surface area contributed by atoms with Crippen molar-refractivity contribution >= 4 is 35.0 Å². The summed E-state index contributed by atoms with van der Waals surface area (Å²) in [6, 6.07) is 15.2. The highest BCUT2D eigenvalue weighted by molar-refractivity contribution is 8.00. The van der Waals surface area contributed by atoms with E-state index in [1.165, 1.54) is 17.3 Å². The molecule has 1 aromatic heterocycles. The SMILES string of the molecule is CCc1ccc(NC(=O)C(C)Sc2n[nH]c(-c3ccc(Cl)cc3)n2)cc1. The number of carbonyl (C=O) groups excluding carboxylic acids is 1. The molecule has 1 heterocycles. The highest BCUT2D eigenvalue weighted by atomic mass is 35.5. The number of anilines is 1. The number of amides is 1. The minimum absolute atomic E-state index is 0.0860. The van der Waals surface area contributed by atoms with Gasteiger partial charge in [-0.25, -0.2) is 4.98 Å². The topological polar surface area (TPSA) is 70.7 Å². The number of hydrogen-bond acceptors (Lipinski definition) is 4. The van der Waals surface area contributed by atoms with E-state index in [9.17, 15) is 4.79 Å². The molecule has 1 amide bonds. The second kappa shape index (κ2) is 8.38. The molecular weight excluding hydrogens is 368 g/mol. The van der Waals surface area contributed by atoms with Gasteiger partial charge in [-0.1, -0.05) is 42.4 Å². The molecular formula is C19H19ClN4OS. The van der Waals surface area contributed by atoms with Gasteiger partial charge in [0, 0.05) is 16.3 Å². The van der Waals surface area contributed by atoms with Crippen molar-refractivity contribution in [3.63, 3.8) is 0 Å². The van der Waals surface area contributed by atoms with Gasteiger partial charge in [-0.2, -0.15) is 0 Å². The maximum Gasteiger partial charge on any atom is 0.237 e. The first-order valence-corrected chi connectivity index (χ1v) is 9.55. The van der Waals surface area contributed by atoms with E-state index in [-0.39, 0.29) is 11.2 Å². The van der Waals surface area contributed by atoms with Crippen LogP contribution in [0.5, 0.6) is 0 Å². The van der Waals surface area contributed by atoms with Crippen molar-refractivity contribution in [2.24, 2.45) is 0 Å². The van der Waals surface area contributed by atoms with E-state index in [1.807, 2.05) is 43.3 Å². The normalized spacial score (nSPS) is 12.0. The Balaban J connectivity index is 1.61. The summed E-state index contributed by atoms with van der Waals surface area (Å²) in [5.41, 5.74) is 2.92. The molecule has 3 rings (SSSR count). The van der Waals surface area contributed by atoms with Crippen molar-refractivity contribution in [1.29, 1.82) is 0 Å². The number of hydrogen-bond donors (Lipinski definition) is 2. The smallest absolute Gasteiger partial charge is 0.237 e. The van der Waals surface area contributed by atoms with Gasteiger partial charge in [-0.15, -0.1) is 5.10 Å². The van der Waals surface area contributed by atoms with Gasteiger partial charge in [-0.05, 0) is 55.3 Å². The highest BCUT2D eigenvalue weighted by Gasteiger charge is 2.17. The molecule has 0 spiro atoms. The Morgan fingerprint density at radius 1 is 1.19 bits per heavy atom. The summed E-state index contributed by atoms with van der Waals surface area (Å²) < 4.78 is 0. The van der Waals surface area contributed by atoms with E-state index in [2.05, 4.69) is 27.4 Å². The minimum atomic E-state index is -0.324. The number of thioether (sulfide) groups is 1. The average molecular weight is 387 g/mol. The largest absolute Gasteiger partial charge is 0.325 e. The lowest BCUT2D eigenvalue weighted by Gasteiger charge is -2.10. The summed E-state index contributed by atoms with van der Waals surface area (Å²) in [7, 11) is 0. The minimum Gasteiger partial charge on any atom is -0.325 e. The third kappa shape index (κ3) is 4.65. The number of aromatic nitrogens is 3. The molecule has 26 heavy (non-hydrogen) atoms. The summed E-state index contributed by atoms with van der Waals surface area (Å²) in [6.07, 6.45) is 0.973. The van der Waals surface area contributed by atoms with Crippen molar-refractivity contribution in [3.8, 4) is 11.4 Å². The number of nitrogens with zero attached hydrogens (tertiary/aromatic N) is 2. The van der Waals surface area contributed by atoms with Gasteiger partial charge in [0.25, 0.3) is 0 Å². The summed E-state index contributed by atoms with van der Waals surface area (Å²) in [4.78, 5) is 16.8.